The van der Waals surface area contributed by atoms with Crippen LogP contribution in [0.1, 0.15) is 47.5 Å². The highest BCUT2D eigenvalue weighted by atomic mass is 16.3. The third-order valence-electron chi connectivity index (χ3n) is 3.61. The summed E-state index contributed by atoms with van der Waals surface area (Å²) in [5.74, 6) is 1.31. The Morgan fingerprint density at radius 3 is 3.00 bits per heavy atom. The van der Waals surface area contributed by atoms with Crippen LogP contribution in [0.2, 0.25) is 0 Å². The number of hydrogen-bond donors (Lipinski definition) is 2. The van der Waals surface area contributed by atoms with Gasteiger partial charge in [0.1, 0.15) is 11.3 Å². The van der Waals surface area contributed by atoms with Crippen LogP contribution in [0.25, 0.3) is 11.1 Å². The second kappa shape index (κ2) is 6.64. The molecule has 6 heteroatoms. The summed E-state index contributed by atoms with van der Waals surface area (Å²) < 4.78 is 5.68. The molecule has 0 radical (unpaired) electrons. The van der Waals surface area contributed by atoms with Crippen LogP contribution < -0.4 is 5.32 Å². The van der Waals surface area contributed by atoms with Crippen LogP contribution in [-0.4, -0.2) is 20.9 Å². The molecule has 1 aromatic carbocycles. The van der Waals surface area contributed by atoms with Crippen molar-refractivity contribution in [2.24, 2.45) is 0 Å². The van der Waals surface area contributed by atoms with E-state index in [0.717, 1.165) is 42.2 Å². The van der Waals surface area contributed by atoms with Crippen LogP contribution in [-0.2, 0) is 13.0 Å². The Morgan fingerprint density at radius 2 is 2.26 bits per heavy atom. The van der Waals surface area contributed by atoms with Crippen molar-refractivity contribution < 1.29 is 9.21 Å². The van der Waals surface area contributed by atoms with Crippen molar-refractivity contribution in [3.63, 3.8) is 0 Å². The predicted molar refractivity (Wildman–Crippen MR) is 87.1 cm³/mol. The summed E-state index contributed by atoms with van der Waals surface area (Å²) >= 11 is 0. The first-order valence-corrected chi connectivity index (χ1v) is 7.84. The molecule has 0 aliphatic rings. The number of fused-ring (bicyclic) bond motifs is 1. The standard InChI is InChI=1S/C17H20N4O2/c1-3-4-5-16-21-13-8-12(6-7-14(13)23-16)17(22)19-10-15-18-9-11(2)20-15/h6-9H,3-5,10H2,1-2H3,(H,18,20)(H,19,22). The summed E-state index contributed by atoms with van der Waals surface area (Å²) in [6.07, 6.45) is 4.70. The smallest absolute Gasteiger partial charge is 0.251 e. The first kappa shape index (κ1) is 15.3. The van der Waals surface area contributed by atoms with Crippen molar-refractivity contribution in [1.29, 1.82) is 0 Å². The van der Waals surface area contributed by atoms with Gasteiger partial charge in [-0.05, 0) is 31.5 Å². The largest absolute Gasteiger partial charge is 0.441 e. The zero-order valence-electron chi connectivity index (χ0n) is 13.3. The van der Waals surface area contributed by atoms with Gasteiger partial charge in [0.05, 0.1) is 6.54 Å². The maximum absolute atomic E-state index is 12.2. The summed E-state index contributed by atoms with van der Waals surface area (Å²) in [6.45, 7) is 4.42. The van der Waals surface area contributed by atoms with E-state index in [1.165, 1.54) is 0 Å². The highest BCUT2D eigenvalue weighted by Crippen LogP contribution is 2.18. The van der Waals surface area contributed by atoms with Gasteiger partial charge in [-0.25, -0.2) is 9.97 Å². The van der Waals surface area contributed by atoms with Gasteiger partial charge in [0.2, 0.25) is 0 Å². The van der Waals surface area contributed by atoms with E-state index in [0.29, 0.717) is 17.7 Å². The second-order valence-corrected chi connectivity index (χ2v) is 5.59. The number of aromatic amines is 1. The minimum Gasteiger partial charge on any atom is -0.441 e. The van der Waals surface area contributed by atoms with Crippen molar-refractivity contribution in [2.75, 3.05) is 0 Å². The molecule has 0 atom stereocenters. The van der Waals surface area contributed by atoms with Crippen LogP contribution in [0.3, 0.4) is 0 Å². The number of amides is 1. The molecule has 1 amide bonds. The molecule has 0 saturated carbocycles. The van der Waals surface area contributed by atoms with Crippen LogP contribution in [0.15, 0.2) is 28.8 Å². The molecule has 0 unspecified atom stereocenters. The Balaban J connectivity index is 1.70. The van der Waals surface area contributed by atoms with E-state index >= 15 is 0 Å². The van der Waals surface area contributed by atoms with Crippen LogP contribution >= 0.6 is 0 Å². The fraction of sp³-hybridized carbons (Fsp3) is 0.353. The van der Waals surface area contributed by atoms with Crippen molar-refractivity contribution in [3.05, 3.63) is 47.4 Å². The number of carbonyl (C=O) groups excluding carboxylic acids is 1. The Kier molecular flexibility index (Phi) is 4.41. The van der Waals surface area contributed by atoms with Gasteiger partial charge in [0, 0.05) is 23.9 Å². The van der Waals surface area contributed by atoms with Crippen LogP contribution in [0.4, 0.5) is 0 Å². The molecule has 3 aromatic rings. The monoisotopic (exact) mass is 312 g/mol. The number of carbonyl (C=O) groups is 1. The first-order valence-electron chi connectivity index (χ1n) is 7.84. The topological polar surface area (TPSA) is 83.8 Å². The van der Waals surface area contributed by atoms with Gasteiger partial charge in [0.25, 0.3) is 5.91 Å². The van der Waals surface area contributed by atoms with Gasteiger partial charge in [-0.3, -0.25) is 4.79 Å². The number of oxazole rings is 1. The molecule has 2 heterocycles. The van der Waals surface area contributed by atoms with E-state index in [4.69, 9.17) is 4.42 Å². The molecule has 23 heavy (non-hydrogen) atoms. The first-order chi connectivity index (χ1) is 11.2. The van der Waals surface area contributed by atoms with Gasteiger partial charge < -0.3 is 14.7 Å². The SMILES string of the molecule is CCCCc1nc2cc(C(=O)NCc3ncc(C)[nH]3)ccc2o1. The lowest BCUT2D eigenvalue weighted by Crippen LogP contribution is -2.23. The summed E-state index contributed by atoms with van der Waals surface area (Å²) in [5, 5.41) is 2.84. The van der Waals surface area contributed by atoms with Gasteiger partial charge in [0.15, 0.2) is 11.5 Å². The molecule has 0 spiro atoms. The maximum Gasteiger partial charge on any atom is 0.251 e. The number of H-pyrrole nitrogens is 1. The minimum atomic E-state index is -0.154. The molecular formula is C17H20N4O2. The molecule has 0 saturated heterocycles. The second-order valence-electron chi connectivity index (χ2n) is 5.59. The van der Waals surface area contributed by atoms with Crippen LogP contribution in [0, 0.1) is 6.92 Å². The Morgan fingerprint density at radius 1 is 1.39 bits per heavy atom. The number of nitrogens with zero attached hydrogens (tertiary/aromatic N) is 2. The fourth-order valence-corrected chi connectivity index (χ4v) is 2.37. The molecule has 2 N–H and O–H groups in total. The highest BCUT2D eigenvalue weighted by molar-refractivity contribution is 5.97. The van der Waals surface area contributed by atoms with Crippen molar-refractivity contribution in [1.82, 2.24) is 20.3 Å². The predicted octanol–water partition coefficient (Wildman–Crippen LogP) is 3.13. The van der Waals surface area contributed by atoms with E-state index in [1.54, 1.807) is 24.4 Å². The number of unbranched alkanes of at least 4 members (excludes halogenated alkanes) is 1. The number of rotatable bonds is 6. The maximum atomic E-state index is 12.2. The molecule has 2 aromatic heterocycles. The molecule has 0 aliphatic carbocycles. The summed E-state index contributed by atoms with van der Waals surface area (Å²) in [6, 6.07) is 5.31. The average Bonchev–Trinajstić information content (AvgIpc) is 3.15. The lowest BCUT2D eigenvalue weighted by molar-refractivity contribution is 0.0950. The molecule has 0 fully saturated rings. The molecule has 3 rings (SSSR count). The molecule has 120 valence electrons. The quantitative estimate of drug-likeness (QED) is 0.732. The number of benzene rings is 1. The highest BCUT2D eigenvalue weighted by Gasteiger charge is 2.11. The zero-order valence-corrected chi connectivity index (χ0v) is 13.3. The van der Waals surface area contributed by atoms with Gasteiger partial charge >= 0.3 is 0 Å². The summed E-state index contributed by atoms with van der Waals surface area (Å²) in [5.41, 5.74) is 2.97. The van der Waals surface area contributed by atoms with E-state index in [1.807, 2.05) is 6.92 Å². The molecular weight excluding hydrogens is 292 g/mol. The number of aryl methyl sites for hydroxylation is 2. The van der Waals surface area contributed by atoms with Crippen LogP contribution in [0.5, 0.6) is 0 Å². The van der Waals surface area contributed by atoms with Gasteiger partial charge in [-0.1, -0.05) is 13.3 Å². The summed E-state index contributed by atoms with van der Waals surface area (Å²) in [7, 11) is 0. The lowest BCUT2D eigenvalue weighted by atomic mass is 10.2. The number of aromatic nitrogens is 3. The number of imidazole rings is 1. The number of hydrogen-bond acceptors (Lipinski definition) is 4. The Bertz CT molecular complexity index is 819. The molecule has 0 aliphatic heterocycles. The van der Waals surface area contributed by atoms with E-state index in [-0.39, 0.29) is 5.91 Å². The Hall–Kier alpha value is -2.63. The zero-order chi connectivity index (χ0) is 16.2. The third kappa shape index (κ3) is 3.59. The van der Waals surface area contributed by atoms with Crippen molar-refractivity contribution >= 4 is 17.0 Å². The molecule has 0 bridgehead atoms. The average molecular weight is 312 g/mol. The van der Waals surface area contributed by atoms with E-state index in [9.17, 15) is 4.79 Å². The Labute approximate surface area is 134 Å². The van der Waals surface area contributed by atoms with Crippen molar-refractivity contribution in [3.8, 4) is 0 Å². The van der Waals surface area contributed by atoms with E-state index < -0.39 is 0 Å². The minimum absolute atomic E-state index is 0.154. The summed E-state index contributed by atoms with van der Waals surface area (Å²) in [4.78, 5) is 23.9. The third-order valence-corrected chi connectivity index (χ3v) is 3.61. The fourth-order valence-electron chi connectivity index (χ4n) is 2.37. The lowest BCUT2D eigenvalue weighted by Gasteiger charge is -2.03. The van der Waals surface area contributed by atoms with Gasteiger partial charge in [-0.2, -0.15) is 0 Å². The molecule has 6 nitrogen and oxygen atoms in total. The van der Waals surface area contributed by atoms with Crippen molar-refractivity contribution in [2.45, 2.75) is 39.7 Å². The van der Waals surface area contributed by atoms with Gasteiger partial charge in [-0.15, -0.1) is 0 Å². The van der Waals surface area contributed by atoms with E-state index in [2.05, 4.69) is 27.2 Å². The number of nitrogens with one attached hydrogen (secondary N) is 2. The normalized spacial score (nSPS) is 11.0.